The number of thiazole rings is 1. The third-order valence-electron chi connectivity index (χ3n) is 4.29. The molecule has 0 aliphatic carbocycles. The van der Waals surface area contributed by atoms with E-state index in [9.17, 15) is 0 Å². The highest BCUT2D eigenvalue weighted by Gasteiger charge is 2.23. The van der Waals surface area contributed by atoms with Crippen molar-refractivity contribution in [1.29, 1.82) is 0 Å². The van der Waals surface area contributed by atoms with Crippen LogP contribution in [0.2, 0.25) is 0 Å². The van der Waals surface area contributed by atoms with E-state index in [0.717, 1.165) is 47.4 Å². The number of nitrogens with one attached hydrogen (secondary N) is 1. The van der Waals surface area contributed by atoms with Crippen molar-refractivity contribution in [3.8, 4) is 11.3 Å². The molecule has 0 saturated carbocycles. The third-order valence-corrected chi connectivity index (χ3v) is 5.07. The van der Waals surface area contributed by atoms with Gasteiger partial charge in [0.15, 0.2) is 11.0 Å². The van der Waals surface area contributed by atoms with E-state index in [2.05, 4.69) is 51.4 Å². The number of hydrogen-bond acceptors (Lipinski definition) is 5. The molecule has 0 saturated heterocycles. The van der Waals surface area contributed by atoms with Crippen LogP contribution >= 0.6 is 11.3 Å². The molecule has 5 nitrogen and oxygen atoms in total. The fourth-order valence-electron chi connectivity index (χ4n) is 2.95. The maximum atomic E-state index is 4.73. The van der Waals surface area contributed by atoms with Crippen LogP contribution in [-0.4, -0.2) is 25.8 Å². The van der Waals surface area contributed by atoms with E-state index in [1.54, 1.807) is 11.3 Å². The first-order valence-electron chi connectivity index (χ1n) is 8.40. The molecule has 4 rings (SSSR count). The molecular weight excluding hydrogens is 318 g/mol. The molecule has 1 atom stereocenters. The lowest BCUT2D eigenvalue weighted by atomic mass is 10.1. The molecule has 2 aromatic heterocycles. The lowest BCUT2D eigenvalue weighted by Gasteiger charge is -2.23. The number of hydrogen-bond donors (Lipinski definition) is 1. The van der Waals surface area contributed by atoms with Gasteiger partial charge >= 0.3 is 0 Å². The highest BCUT2D eigenvalue weighted by Crippen LogP contribution is 2.26. The molecule has 124 valence electrons. The monoisotopic (exact) mass is 339 g/mol. The Morgan fingerprint density at radius 1 is 1.21 bits per heavy atom. The van der Waals surface area contributed by atoms with Crippen LogP contribution in [-0.2, 0) is 13.0 Å². The van der Waals surface area contributed by atoms with Gasteiger partial charge in [-0.1, -0.05) is 44.2 Å². The highest BCUT2D eigenvalue weighted by molar-refractivity contribution is 7.14. The summed E-state index contributed by atoms with van der Waals surface area (Å²) in [5, 5.41) is 11.3. The van der Waals surface area contributed by atoms with E-state index in [-0.39, 0.29) is 0 Å². The number of aryl methyl sites for hydroxylation is 1. The van der Waals surface area contributed by atoms with Crippen LogP contribution in [0.15, 0.2) is 35.7 Å². The van der Waals surface area contributed by atoms with Crippen molar-refractivity contribution in [3.63, 3.8) is 0 Å². The molecule has 3 heterocycles. The van der Waals surface area contributed by atoms with Crippen molar-refractivity contribution in [2.75, 3.05) is 5.32 Å². The van der Waals surface area contributed by atoms with Crippen molar-refractivity contribution in [1.82, 2.24) is 19.7 Å². The number of benzene rings is 1. The first-order chi connectivity index (χ1) is 11.7. The van der Waals surface area contributed by atoms with Crippen molar-refractivity contribution in [2.24, 2.45) is 0 Å². The van der Waals surface area contributed by atoms with Crippen molar-refractivity contribution in [3.05, 3.63) is 47.4 Å². The first kappa shape index (κ1) is 15.3. The quantitative estimate of drug-likeness (QED) is 0.782. The molecule has 24 heavy (non-hydrogen) atoms. The van der Waals surface area contributed by atoms with Gasteiger partial charge in [0.05, 0.1) is 12.2 Å². The minimum absolute atomic E-state index is 0.356. The standard InChI is InChI=1S/C18H21N5S/c1-12(2)17-21-16-9-8-14(10-23(16)22-17)19-18-20-15(11-24-18)13-6-4-3-5-7-13/h3-7,11-12,14H,8-10H2,1-2H3,(H,19,20). The molecule has 1 aliphatic heterocycles. The minimum Gasteiger partial charge on any atom is -0.357 e. The highest BCUT2D eigenvalue weighted by atomic mass is 32.1. The SMILES string of the molecule is CC(C)c1nc2n(n1)CC(Nc1nc(-c3ccccc3)cs1)CC2. The summed E-state index contributed by atoms with van der Waals surface area (Å²) in [6.45, 7) is 5.13. The second kappa shape index (κ2) is 6.36. The van der Waals surface area contributed by atoms with E-state index < -0.39 is 0 Å². The Hall–Kier alpha value is -2.21. The van der Waals surface area contributed by atoms with E-state index in [0.29, 0.717) is 12.0 Å². The van der Waals surface area contributed by atoms with Crippen LogP contribution in [0.1, 0.15) is 37.8 Å². The summed E-state index contributed by atoms with van der Waals surface area (Å²) < 4.78 is 2.06. The average molecular weight is 339 g/mol. The average Bonchev–Trinajstić information content (AvgIpc) is 3.22. The van der Waals surface area contributed by atoms with Crippen molar-refractivity contribution < 1.29 is 0 Å². The Morgan fingerprint density at radius 3 is 2.83 bits per heavy atom. The van der Waals surface area contributed by atoms with Gasteiger partial charge in [0.2, 0.25) is 0 Å². The number of nitrogens with zero attached hydrogens (tertiary/aromatic N) is 4. The molecule has 0 fully saturated rings. The molecule has 1 N–H and O–H groups in total. The van der Waals surface area contributed by atoms with E-state index in [1.165, 1.54) is 0 Å². The smallest absolute Gasteiger partial charge is 0.183 e. The number of anilines is 1. The summed E-state index contributed by atoms with van der Waals surface area (Å²) in [4.78, 5) is 9.37. The van der Waals surface area contributed by atoms with E-state index >= 15 is 0 Å². The molecular formula is C18H21N5S. The summed E-state index contributed by atoms with van der Waals surface area (Å²) in [7, 11) is 0. The Bertz CT molecular complexity index is 821. The maximum Gasteiger partial charge on any atom is 0.183 e. The number of aromatic nitrogens is 4. The summed E-state index contributed by atoms with van der Waals surface area (Å²) in [5.41, 5.74) is 2.19. The fraction of sp³-hybridized carbons (Fsp3) is 0.389. The van der Waals surface area contributed by atoms with Crippen LogP contribution < -0.4 is 5.32 Å². The van der Waals surface area contributed by atoms with Crippen LogP contribution in [0.3, 0.4) is 0 Å². The predicted molar refractivity (Wildman–Crippen MR) is 97.4 cm³/mol. The van der Waals surface area contributed by atoms with Crippen molar-refractivity contribution >= 4 is 16.5 Å². The zero-order valence-corrected chi connectivity index (χ0v) is 14.8. The van der Waals surface area contributed by atoms with Crippen LogP contribution in [0.25, 0.3) is 11.3 Å². The number of fused-ring (bicyclic) bond motifs is 1. The van der Waals surface area contributed by atoms with Crippen molar-refractivity contribution in [2.45, 2.75) is 45.2 Å². The van der Waals surface area contributed by atoms with Gasteiger partial charge in [0, 0.05) is 29.3 Å². The van der Waals surface area contributed by atoms with E-state index in [4.69, 9.17) is 4.98 Å². The Labute approximate surface area is 145 Å². The normalized spacial score (nSPS) is 17.0. The molecule has 0 radical (unpaired) electrons. The molecule has 6 heteroatoms. The van der Waals surface area contributed by atoms with Gasteiger partial charge in [-0.3, -0.25) is 0 Å². The van der Waals surface area contributed by atoms with Gasteiger partial charge in [-0.2, -0.15) is 5.10 Å². The molecule has 1 unspecified atom stereocenters. The largest absolute Gasteiger partial charge is 0.357 e. The topological polar surface area (TPSA) is 55.6 Å². The molecule has 0 bridgehead atoms. The maximum absolute atomic E-state index is 4.73. The predicted octanol–water partition coefficient (Wildman–Crippen LogP) is 3.95. The van der Waals surface area contributed by atoms with Gasteiger partial charge in [-0.05, 0) is 6.42 Å². The molecule has 1 aromatic carbocycles. The van der Waals surface area contributed by atoms with E-state index in [1.807, 2.05) is 18.2 Å². The van der Waals surface area contributed by atoms with Gasteiger partial charge in [-0.25, -0.2) is 14.6 Å². The van der Waals surface area contributed by atoms with Crippen LogP contribution in [0.5, 0.6) is 0 Å². The van der Waals surface area contributed by atoms with Gasteiger partial charge < -0.3 is 5.32 Å². The lowest BCUT2D eigenvalue weighted by molar-refractivity contribution is 0.439. The summed E-state index contributed by atoms with van der Waals surface area (Å²) in [5.74, 6) is 2.44. The molecule has 0 amide bonds. The van der Waals surface area contributed by atoms with Crippen LogP contribution in [0, 0.1) is 0 Å². The zero-order valence-electron chi connectivity index (χ0n) is 13.9. The van der Waals surface area contributed by atoms with Crippen LogP contribution in [0.4, 0.5) is 5.13 Å². The van der Waals surface area contributed by atoms with Gasteiger partial charge in [0.25, 0.3) is 0 Å². The fourth-order valence-corrected chi connectivity index (χ4v) is 3.74. The zero-order chi connectivity index (χ0) is 16.5. The molecule has 3 aromatic rings. The molecule has 0 spiro atoms. The second-order valence-electron chi connectivity index (χ2n) is 6.51. The minimum atomic E-state index is 0.356. The first-order valence-corrected chi connectivity index (χ1v) is 9.28. The summed E-state index contributed by atoms with van der Waals surface area (Å²) in [6.07, 6.45) is 2.03. The van der Waals surface area contributed by atoms with Gasteiger partial charge in [-0.15, -0.1) is 11.3 Å². The van der Waals surface area contributed by atoms with Gasteiger partial charge in [0.1, 0.15) is 5.82 Å². The lowest BCUT2D eigenvalue weighted by Crippen LogP contribution is -2.31. The second-order valence-corrected chi connectivity index (χ2v) is 7.37. The summed E-state index contributed by atoms with van der Waals surface area (Å²) in [6, 6.07) is 10.7. The molecule has 1 aliphatic rings. The Balaban J connectivity index is 1.46. The summed E-state index contributed by atoms with van der Waals surface area (Å²) >= 11 is 1.66. The Morgan fingerprint density at radius 2 is 2.04 bits per heavy atom. The number of rotatable bonds is 4. The third kappa shape index (κ3) is 3.06. The Kier molecular flexibility index (Phi) is 4.06.